The van der Waals surface area contributed by atoms with Gasteiger partial charge in [0.05, 0.1) is 28.8 Å². The number of aromatic amines is 1. The molecule has 5 amide bonds. The van der Waals surface area contributed by atoms with Crippen LogP contribution in [-0.4, -0.2) is 146 Å². The number of aliphatic hydroxyl groups is 1. The minimum atomic E-state index is -0.959. The molecule has 21 nitrogen and oxygen atoms in total. The highest BCUT2D eigenvalue weighted by Crippen LogP contribution is 2.37. The molecule has 8 rings (SSSR count). The van der Waals surface area contributed by atoms with Crippen LogP contribution in [0, 0.1) is 12.3 Å². The molecule has 0 radical (unpaired) electrons. The van der Waals surface area contributed by atoms with Crippen LogP contribution in [-0.2, 0) is 47.2 Å². The molecule has 3 atom stereocenters. The Kier molecular flexibility index (Phi) is 21.8. The number of aliphatic hydroxyl groups excluding tert-OH is 1. The first-order valence-corrected chi connectivity index (χ1v) is 30.0. The predicted molar refractivity (Wildman–Crippen MR) is 323 cm³/mol. The van der Waals surface area contributed by atoms with Crippen molar-refractivity contribution in [2.45, 2.75) is 136 Å². The van der Waals surface area contributed by atoms with Gasteiger partial charge in [0, 0.05) is 88.2 Å². The second kappa shape index (κ2) is 29.3. The van der Waals surface area contributed by atoms with Crippen LogP contribution < -0.4 is 26.0 Å². The molecule has 3 aromatic carbocycles. The first kappa shape index (κ1) is 63.2. The van der Waals surface area contributed by atoms with Gasteiger partial charge in [0.1, 0.15) is 35.6 Å². The van der Waals surface area contributed by atoms with Crippen molar-refractivity contribution in [2.24, 2.45) is 5.41 Å². The summed E-state index contributed by atoms with van der Waals surface area (Å²) in [5, 5.41) is 32.1. The Bertz CT molecular complexity index is 3170. The number of ether oxygens (including phenoxy) is 4. The smallest absolute Gasteiger partial charge is 0.410 e. The molecule has 0 bridgehead atoms. The Morgan fingerprint density at radius 3 is 2.25 bits per heavy atom. The third kappa shape index (κ3) is 18.1. The highest BCUT2D eigenvalue weighted by atomic mass is 32.1. The number of piperidine rings is 1. The van der Waals surface area contributed by atoms with Crippen molar-refractivity contribution >= 4 is 46.7 Å². The molecule has 85 heavy (non-hydrogen) atoms. The summed E-state index contributed by atoms with van der Waals surface area (Å²) in [6.45, 7) is 16.0. The maximum Gasteiger partial charge on any atom is 0.410 e. The number of carbonyl (C=O) groups excluding carboxylic acids is 5. The topological polar surface area (TPSA) is 264 Å². The SMILES string of the molecule is Cc1ncsc1-c1ccc(CNC(=O)[C@@H]2C[C@@H](O)CN2C(=O)[C@@H](NC(=O)COCCCOCCCCCOc2cccc(CNC(=O)c3cccc(NC4(c5nnc(-c6ccncc6)[nH]5)CCN(C(=O)OC(C)(C)C)CC4)c3)c2)C(C)(C)C)cc1. The molecule has 2 fully saturated rings. The number of hydrogen-bond acceptors (Lipinski definition) is 16. The number of thiazole rings is 1. The second-order valence-electron chi connectivity index (χ2n) is 23.7. The first-order chi connectivity index (χ1) is 40.7. The quantitative estimate of drug-likeness (QED) is 0.0279. The molecule has 22 heteroatoms. The standard InChI is InChI=1S/C63H81N11O10S/c1-42-53(85-41-67-42)45-20-18-43(19-21-45)37-66-57(78)51-36-49(75)39-74(51)58(79)54(61(2,3)4)68-52(76)40-82-32-13-31-81-30-9-8-10-33-83-50-17-11-14-44(34-50)38-65-56(77)47-15-12-16-48(35-47)70-63(24-28-73(29-25-63)60(80)84-62(5,6)7)59-69-55(71-72-59)46-22-26-64-27-23-46/h11-12,14-23,26-27,34-35,41,49,51,54,70,75H,8-10,13,24-25,28-33,36-40H2,1-7H3,(H,65,77)(H,66,78)(H,68,76)(H,69,71,72)/t49-,51+,54-/m1/s1. The number of H-pyrrole nitrogens is 1. The van der Waals surface area contributed by atoms with E-state index in [1.165, 1.54) is 4.90 Å². The van der Waals surface area contributed by atoms with Crippen molar-refractivity contribution in [3.63, 3.8) is 0 Å². The lowest BCUT2D eigenvalue weighted by atomic mass is 9.85. The number of carbonyl (C=O) groups is 5. The number of nitrogens with zero attached hydrogens (tertiary/aromatic N) is 6. The van der Waals surface area contributed by atoms with Crippen LogP contribution in [0.4, 0.5) is 10.5 Å². The average Bonchev–Trinajstić information content (AvgIpc) is 3.91. The number of anilines is 1. The molecule has 0 aliphatic carbocycles. The van der Waals surface area contributed by atoms with Gasteiger partial charge in [-0.1, -0.05) is 63.2 Å². The summed E-state index contributed by atoms with van der Waals surface area (Å²) in [6, 6.07) is 24.7. The van der Waals surface area contributed by atoms with Crippen molar-refractivity contribution in [1.82, 2.24) is 50.9 Å². The van der Waals surface area contributed by atoms with Gasteiger partial charge >= 0.3 is 6.09 Å². The molecule has 0 unspecified atom stereocenters. The van der Waals surface area contributed by atoms with Crippen LogP contribution in [0.3, 0.4) is 0 Å². The van der Waals surface area contributed by atoms with E-state index in [1.807, 2.05) is 133 Å². The third-order valence-corrected chi connectivity index (χ3v) is 15.7. The number of aryl methyl sites for hydroxylation is 1. The van der Waals surface area contributed by atoms with Gasteiger partial charge in [-0.3, -0.25) is 24.2 Å². The summed E-state index contributed by atoms with van der Waals surface area (Å²) in [5.41, 5.74) is 5.58. The van der Waals surface area contributed by atoms with E-state index in [-0.39, 0.29) is 44.0 Å². The lowest BCUT2D eigenvalue weighted by Gasteiger charge is -2.41. The fourth-order valence-corrected chi connectivity index (χ4v) is 11.0. The van der Waals surface area contributed by atoms with E-state index in [0.29, 0.717) is 94.0 Å². The number of unbranched alkanes of at least 4 members (excludes halogenated alkanes) is 2. The Balaban J connectivity index is 0.700. The van der Waals surface area contributed by atoms with Crippen LogP contribution in [0.1, 0.15) is 119 Å². The number of benzene rings is 3. The van der Waals surface area contributed by atoms with Crippen molar-refractivity contribution in [2.75, 3.05) is 58.0 Å². The zero-order chi connectivity index (χ0) is 60.6. The Morgan fingerprint density at radius 2 is 1.52 bits per heavy atom. The van der Waals surface area contributed by atoms with Crippen LogP contribution in [0.2, 0.25) is 0 Å². The number of pyridine rings is 1. The fourth-order valence-electron chi connectivity index (χ4n) is 10.2. The zero-order valence-electron chi connectivity index (χ0n) is 49.8. The summed E-state index contributed by atoms with van der Waals surface area (Å²) in [6.07, 6.45) is 6.41. The fraction of sp³-hybridized carbons (Fsp3) is 0.476. The molecular weight excluding hydrogens is 1100 g/mol. The number of β-amino-alcohol motifs (C(OH)–C–C–N with tert-alkyl or cyclic N) is 1. The van der Waals surface area contributed by atoms with E-state index in [1.54, 1.807) is 34.7 Å². The van der Waals surface area contributed by atoms with Gasteiger partial charge in [0.25, 0.3) is 5.91 Å². The molecule has 454 valence electrons. The predicted octanol–water partition coefficient (Wildman–Crippen LogP) is 8.35. The van der Waals surface area contributed by atoms with Gasteiger partial charge in [-0.25, -0.2) is 9.78 Å². The van der Waals surface area contributed by atoms with Crippen LogP contribution in [0.5, 0.6) is 5.75 Å². The van der Waals surface area contributed by atoms with E-state index in [4.69, 9.17) is 18.9 Å². The molecule has 6 N–H and O–H groups in total. The minimum absolute atomic E-state index is 0.0159. The Hall–Kier alpha value is -7.79. The number of rotatable bonds is 26. The monoisotopic (exact) mass is 1180 g/mol. The van der Waals surface area contributed by atoms with E-state index in [9.17, 15) is 29.1 Å². The van der Waals surface area contributed by atoms with E-state index in [0.717, 1.165) is 52.1 Å². The van der Waals surface area contributed by atoms with Crippen molar-refractivity contribution in [3.8, 4) is 27.6 Å². The Morgan fingerprint density at radius 1 is 0.800 bits per heavy atom. The average molecular weight is 1180 g/mol. The lowest BCUT2D eigenvalue weighted by molar-refractivity contribution is -0.144. The largest absolute Gasteiger partial charge is 0.494 e. The van der Waals surface area contributed by atoms with E-state index < -0.39 is 46.6 Å². The maximum absolute atomic E-state index is 14.0. The highest BCUT2D eigenvalue weighted by molar-refractivity contribution is 7.13. The molecule has 2 aliphatic heterocycles. The Labute approximate surface area is 501 Å². The van der Waals surface area contributed by atoms with Gasteiger partial charge in [0.2, 0.25) is 17.7 Å². The zero-order valence-corrected chi connectivity index (χ0v) is 50.6. The minimum Gasteiger partial charge on any atom is -0.494 e. The van der Waals surface area contributed by atoms with Crippen molar-refractivity contribution in [3.05, 3.63) is 131 Å². The van der Waals surface area contributed by atoms with Gasteiger partial charge < -0.3 is 60.1 Å². The maximum atomic E-state index is 14.0. The normalized spacial score (nSPS) is 16.3. The molecule has 5 heterocycles. The third-order valence-electron chi connectivity index (χ3n) is 14.7. The van der Waals surface area contributed by atoms with Gasteiger partial charge in [0.15, 0.2) is 11.6 Å². The van der Waals surface area contributed by atoms with E-state index in [2.05, 4.69) is 46.4 Å². The summed E-state index contributed by atoms with van der Waals surface area (Å²) in [4.78, 5) is 83.2. The summed E-state index contributed by atoms with van der Waals surface area (Å²) < 4.78 is 23.2. The number of aromatic nitrogens is 5. The van der Waals surface area contributed by atoms with Gasteiger partial charge in [-0.2, -0.15) is 0 Å². The highest BCUT2D eigenvalue weighted by Gasteiger charge is 2.45. The first-order valence-electron chi connectivity index (χ1n) is 29.1. The van der Waals surface area contributed by atoms with E-state index >= 15 is 0 Å². The summed E-state index contributed by atoms with van der Waals surface area (Å²) in [5.74, 6) is 0.427. The van der Waals surface area contributed by atoms with Gasteiger partial charge in [-0.15, -0.1) is 21.5 Å². The molecule has 2 saturated heterocycles. The molecule has 0 spiro atoms. The molecule has 0 saturated carbocycles. The molecule has 3 aromatic heterocycles. The number of nitrogens with one attached hydrogen (secondary N) is 5. The van der Waals surface area contributed by atoms with Crippen LogP contribution in [0.25, 0.3) is 21.8 Å². The van der Waals surface area contributed by atoms with Crippen LogP contribution >= 0.6 is 11.3 Å². The summed E-state index contributed by atoms with van der Waals surface area (Å²) >= 11 is 1.57. The molecule has 2 aliphatic rings. The molecular formula is C63H81N11O10S. The number of amides is 5. The lowest BCUT2D eigenvalue weighted by Crippen LogP contribution is -2.58. The van der Waals surface area contributed by atoms with Crippen LogP contribution in [0.15, 0.2) is 103 Å². The summed E-state index contributed by atoms with van der Waals surface area (Å²) in [7, 11) is 0. The number of hydrogen-bond donors (Lipinski definition) is 6. The van der Waals surface area contributed by atoms with Crippen molar-refractivity contribution in [1.29, 1.82) is 0 Å². The van der Waals surface area contributed by atoms with Crippen molar-refractivity contribution < 1.29 is 48.0 Å². The second-order valence-corrected chi connectivity index (χ2v) is 24.6. The number of likely N-dealkylation sites (tertiary alicyclic amines) is 2. The van der Waals surface area contributed by atoms with Gasteiger partial charge in [-0.05, 0) is 131 Å². The molecule has 6 aromatic rings.